The highest BCUT2D eigenvalue weighted by atomic mass is 16.5. The van der Waals surface area contributed by atoms with E-state index >= 15 is 0 Å². The largest absolute Gasteiger partial charge is 0.493 e. The molecule has 0 radical (unpaired) electrons. The Kier molecular flexibility index (Phi) is 4.43. The first kappa shape index (κ1) is 11.0. The third kappa shape index (κ3) is 3.36. The molecule has 0 heterocycles. The molecule has 0 saturated carbocycles. The maximum Gasteiger partial charge on any atom is 0.122 e. The van der Waals surface area contributed by atoms with Crippen molar-refractivity contribution in [3.05, 3.63) is 29.8 Å². The number of rotatable bonds is 5. The molecule has 3 nitrogen and oxygen atoms in total. The smallest absolute Gasteiger partial charge is 0.122 e. The van der Waals surface area contributed by atoms with E-state index in [0.29, 0.717) is 13.0 Å². The third-order valence-electron chi connectivity index (χ3n) is 2.07. The predicted octanol–water partition coefficient (Wildman–Crippen LogP) is 1.08. The van der Waals surface area contributed by atoms with Crippen LogP contribution >= 0.6 is 0 Å². The first-order valence-corrected chi connectivity index (χ1v) is 4.80. The summed E-state index contributed by atoms with van der Waals surface area (Å²) >= 11 is 0. The zero-order valence-corrected chi connectivity index (χ0v) is 8.44. The van der Waals surface area contributed by atoms with Crippen molar-refractivity contribution >= 4 is 0 Å². The predicted molar refractivity (Wildman–Crippen MR) is 56.4 cm³/mol. The van der Waals surface area contributed by atoms with Crippen molar-refractivity contribution in [1.29, 1.82) is 0 Å². The van der Waals surface area contributed by atoms with E-state index in [-0.39, 0.29) is 6.54 Å². The first-order chi connectivity index (χ1) is 6.74. The van der Waals surface area contributed by atoms with Crippen molar-refractivity contribution in [2.45, 2.75) is 19.4 Å². The molecule has 3 heteroatoms. The van der Waals surface area contributed by atoms with E-state index in [2.05, 4.69) is 0 Å². The van der Waals surface area contributed by atoms with Crippen molar-refractivity contribution in [2.75, 3.05) is 13.2 Å². The van der Waals surface area contributed by atoms with Crippen molar-refractivity contribution < 1.29 is 9.84 Å². The van der Waals surface area contributed by atoms with E-state index in [9.17, 15) is 5.11 Å². The van der Waals surface area contributed by atoms with Crippen LogP contribution in [-0.4, -0.2) is 24.4 Å². The molecule has 0 aliphatic carbocycles. The van der Waals surface area contributed by atoms with Gasteiger partial charge in [-0.25, -0.2) is 0 Å². The number of aliphatic hydroxyl groups excluding tert-OH is 1. The highest BCUT2D eigenvalue weighted by Crippen LogP contribution is 2.16. The Bertz CT molecular complexity index is 276. The minimum atomic E-state index is -0.459. The van der Waals surface area contributed by atoms with Crippen LogP contribution in [0.5, 0.6) is 5.75 Å². The van der Waals surface area contributed by atoms with Crippen LogP contribution in [-0.2, 0) is 0 Å². The quantitative estimate of drug-likeness (QED) is 0.739. The number of hydrogen-bond donors (Lipinski definition) is 2. The molecule has 0 aromatic heterocycles. The van der Waals surface area contributed by atoms with Crippen LogP contribution in [0.3, 0.4) is 0 Å². The van der Waals surface area contributed by atoms with Gasteiger partial charge in [-0.15, -0.1) is 0 Å². The minimum absolute atomic E-state index is 0.289. The Morgan fingerprint density at radius 3 is 2.79 bits per heavy atom. The van der Waals surface area contributed by atoms with Gasteiger partial charge in [0.25, 0.3) is 0 Å². The molecule has 1 unspecified atom stereocenters. The van der Waals surface area contributed by atoms with Crippen LogP contribution in [0.4, 0.5) is 0 Å². The van der Waals surface area contributed by atoms with Gasteiger partial charge in [0.15, 0.2) is 0 Å². The Labute approximate surface area is 84.5 Å². The number of nitrogens with two attached hydrogens (primary N) is 1. The average Bonchev–Trinajstić information content (AvgIpc) is 2.20. The zero-order valence-electron chi connectivity index (χ0n) is 8.44. The maximum atomic E-state index is 9.20. The molecular formula is C11H17NO2. The Balaban J connectivity index is 2.35. The summed E-state index contributed by atoms with van der Waals surface area (Å²) in [6, 6.07) is 7.82. The fourth-order valence-electron chi connectivity index (χ4n) is 1.14. The number of ether oxygens (including phenoxy) is 1. The van der Waals surface area contributed by atoms with Gasteiger partial charge in [0.2, 0.25) is 0 Å². The second-order valence-electron chi connectivity index (χ2n) is 3.29. The van der Waals surface area contributed by atoms with E-state index in [4.69, 9.17) is 10.5 Å². The molecule has 14 heavy (non-hydrogen) atoms. The molecule has 1 rings (SSSR count). The van der Waals surface area contributed by atoms with E-state index in [1.165, 1.54) is 0 Å². The summed E-state index contributed by atoms with van der Waals surface area (Å²) in [6.07, 6.45) is 0.115. The lowest BCUT2D eigenvalue weighted by Crippen LogP contribution is -2.22. The van der Waals surface area contributed by atoms with Crippen LogP contribution in [0.25, 0.3) is 0 Å². The van der Waals surface area contributed by atoms with Crippen molar-refractivity contribution in [3.8, 4) is 5.75 Å². The van der Waals surface area contributed by atoms with Gasteiger partial charge in [-0.3, -0.25) is 0 Å². The van der Waals surface area contributed by atoms with Crippen LogP contribution in [0.2, 0.25) is 0 Å². The van der Waals surface area contributed by atoms with Gasteiger partial charge >= 0.3 is 0 Å². The van der Waals surface area contributed by atoms with E-state index in [0.717, 1.165) is 11.3 Å². The van der Waals surface area contributed by atoms with Crippen LogP contribution in [0.1, 0.15) is 12.0 Å². The van der Waals surface area contributed by atoms with Crippen LogP contribution in [0.15, 0.2) is 24.3 Å². The summed E-state index contributed by atoms with van der Waals surface area (Å²) in [6.45, 7) is 2.79. The molecular weight excluding hydrogens is 178 g/mol. The molecule has 0 saturated heterocycles. The first-order valence-electron chi connectivity index (χ1n) is 4.80. The fourth-order valence-corrected chi connectivity index (χ4v) is 1.14. The lowest BCUT2D eigenvalue weighted by Gasteiger charge is -2.10. The molecule has 0 aliphatic heterocycles. The lowest BCUT2D eigenvalue weighted by molar-refractivity contribution is 0.146. The number of hydrogen-bond acceptors (Lipinski definition) is 3. The van der Waals surface area contributed by atoms with E-state index < -0.39 is 6.10 Å². The summed E-state index contributed by atoms with van der Waals surface area (Å²) in [5.74, 6) is 0.872. The van der Waals surface area contributed by atoms with Gasteiger partial charge in [0, 0.05) is 13.0 Å². The summed E-state index contributed by atoms with van der Waals surface area (Å²) < 4.78 is 5.49. The van der Waals surface area contributed by atoms with Gasteiger partial charge < -0.3 is 15.6 Å². The maximum absolute atomic E-state index is 9.20. The average molecular weight is 195 g/mol. The number of benzene rings is 1. The third-order valence-corrected chi connectivity index (χ3v) is 2.07. The number of aliphatic hydroxyl groups is 1. The van der Waals surface area contributed by atoms with Crippen molar-refractivity contribution in [2.24, 2.45) is 5.73 Å². The molecule has 1 aromatic rings. The Morgan fingerprint density at radius 2 is 2.14 bits per heavy atom. The molecule has 78 valence electrons. The second-order valence-corrected chi connectivity index (χ2v) is 3.29. The fraction of sp³-hybridized carbons (Fsp3) is 0.455. The highest BCUT2D eigenvalue weighted by molar-refractivity contribution is 5.31. The normalized spacial score (nSPS) is 12.5. The molecule has 1 atom stereocenters. The van der Waals surface area contributed by atoms with E-state index in [1.54, 1.807) is 0 Å². The Hall–Kier alpha value is -1.06. The van der Waals surface area contributed by atoms with Crippen molar-refractivity contribution in [3.63, 3.8) is 0 Å². The zero-order chi connectivity index (χ0) is 10.4. The molecule has 0 fully saturated rings. The monoisotopic (exact) mass is 195 g/mol. The SMILES string of the molecule is Cc1ccccc1OCCC(O)CN. The molecule has 0 aliphatic rings. The summed E-state index contributed by atoms with van der Waals surface area (Å²) in [4.78, 5) is 0. The minimum Gasteiger partial charge on any atom is -0.493 e. The standard InChI is InChI=1S/C11H17NO2/c1-9-4-2-3-5-11(9)14-7-6-10(13)8-12/h2-5,10,13H,6-8,12H2,1H3. The van der Waals surface area contributed by atoms with Gasteiger partial charge in [0.1, 0.15) is 5.75 Å². The molecule has 1 aromatic carbocycles. The summed E-state index contributed by atoms with van der Waals surface area (Å²) in [7, 11) is 0. The lowest BCUT2D eigenvalue weighted by atomic mass is 10.2. The summed E-state index contributed by atoms with van der Waals surface area (Å²) in [5.41, 5.74) is 6.38. The summed E-state index contributed by atoms with van der Waals surface area (Å²) in [5, 5.41) is 9.20. The van der Waals surface area contributed by atoms with Crippen molar-refractivity contribution in [1.82, 2.24) is 0 Å². The topological polar surface area (TPSA) is 55.5 Å². The van der Waals surface area contributed by atoms with Gasteiger partial charge in [-0.05, 0) is 18.6 Å². The second kappa shape index (κ2) is 5.62. The molecule has 0 bridgehead atoms. The van der Waals surface area contributed by atoms with Gasteiger partial charge in [-0.2, -0.15) is 0 Å². The molecule has 0 spiro atoms. The molecule has 0 amide bonds. The number of aryl methyl sites for hydroxylation is 1. The van der Waals surface area contributed by atoms with Crippen LogP contribution < -0.4 is 10.5 Å². The number of para-hydroxylation sites is 1. The van der Waals surface area contributed by atoms with E-state index in [1.807, 2.05) is 31.2 Å². The molecule has 3 N–H and O–H groups in total. The highest BCUT2D eigenvalue weighted by Gasteiger charge is 2.02. The van der Waals surface area contributed by atoms with Gasteiger partial charge in [0.05, 0.1) is 12.7 Å². The van der Waals surface area contributed by atoms with Crippen LogP contribution in [0, 0.1) is 6.92 Å². The van der Waals surface area contributed by atoms with Gasteiger partial charge in [-0.1, -0.05) is 18.2 Å². The Morgan fingerprint density at radius 1 is 1.43 bits per heavy atom.